The Labute approximate surface area is 193 Å². The molecular formula is C25H27ClN2O4. The normalized spacial score (nSPS) is 17.8. The summed E-state index contributed by atoms with van der Waals surface area (Å²) in [5.41, 5.74) is 2.01. The Kier molecular flexibility index (Phi) is 7.38. The maximum atomic E-state index is 13.0. The molecule has 0 bridgehead atoms. The number of nitrogens with zero attached hydrogens (tertiary/aromatic N) is 2. The number of aliphatic hydroxyl groups excluding tert-OH is 1. The number of carbonyl (C=O) groups excluding carboxylic acids is 2. The maximum absolute atomic E-state index is 13.0. The van der Waals surface area contributed by atoms with Crippen molar-refractivity contribution in [1.82, 2.24) is 9.80 Å². The Bertz CT molecular complexity index is 1060. The summed E-state index contributed by atoms with van der Waals surface area (Å²) in [5, 5.41) is 11.7. The molecule has 1 unspecified atom stereocenters. The van der Waals surface area contributed by atoms with Crippen LogP contribution in [-0.4, -0.2) is 60.4 Å². The number of hydrogen-bond donors (Lipinski definition) is 1. The summed E-state index contributed by atoms with van der Waals surface area (Å²) in [4.78, 5) is 29.4. The van der Waals surface area contributed by atoms with Gasteiger partial charge < -0.3 is 19.6 Å². The fourth-order valence-corrected chi connectivity index (χ4v) is 3.80. The summed E-state index contributed by atoms with van der Waals surface area (Å²) in [5.74, 6) is -0.891. The molecule has 2 aromatic rings. The topological polar surface area (TPSA) is 70.1 Å². The van der Waals surface area contributed by atoms with E-state index in [4.69, 9.17) is 16.3 Å². The van der Waals surface area contributed by atoms with Crippen molar-refractivity contribution < 1.29 is 19.4 Å². The van der Waals surface area contributed by atoms with Gasteiger partial charge in [0.25, 0.3) is 11.7 Å². The summed E-state index contributed by atoms with van der Waals surface area (Å²) in [6.07, 6.45) is 1.65. The lowest BCUT2D eigenvalue weighted by molar-refractivity contribution is -0.140. The highest BCUT2D eigenvalue weighted by molar-refractivity contribution is 6.46. The minimum absolute atomic E-state index is 0.0650. The Morgan fingerprint density at radius 1 is 1.22 bits per heavy atom. The largest absolute Gasteiger partial charge is 0.507 e. The molecule has 7 heteroatoms. The monoisotopic (exact) mass is 454 g/mol. The molecule has 2 aromatic carbocycles. The number of amides is 1. The van der Waals surface area contributed by atoms with Crippen LogP contribution in [0.25, 0.3) is 5.76 Å². The van der Waals surface area contributed by atoms with Crippen molar-refractivity contribution in [1.29, 1.82) is 0 Å². The van der Waals surface area contributed by atoms with Crippen LogP contribution < -0.4 is 4.74 Å². The van der Waals surface area contributed by atoms with Gasteiger partial charge in [0.15, 0.2) is 0 Å². The number of rotatable bonds is 8. The zero-order chi connectivity index (χ0) is 23.4. The lowest BCUT2D eigenvalue weighted by Gasteiger charge is -2.26. The van der Waals surface area contributed by atoms with Crippen molar-refractivity contribution in [3.05, 3.63) is 82.4 Å². The van der Waals surface area contributed by atoms with Crippen LogP contribution in [0.4, 0.5) is 0 Å². The van der Waals surface area contributed by atoms with Crippen LogP contribution >= 0.6 is 11.6 Å². The average Bonchev–Trinajstić information content (AvgIpc) is 3.01. The number of likely N-dealkylation sites (tertiary alicyclic amines) is 1. The molecule has 0 spiro atoms. The lowest BCUT2D eigenvalue weighted by Crippen LogP contribution is -2.35. The van der Waals surface area contributed by atoms with Crippen LogP contribution in [-0.2, 0) is 9.59 Å². The van der Waals surface area contributed by atoms with Crippen LogP contribution in [0.1, 0.15) is 22.7 Å². The molecule has 1 saturated heterocycles. The highest BCUT2D eigenvalue weighted by atomic mass is 35.5. The molecule has 1 aliphatic rings. The van der Waals surface area contributed by atoms with E-state index in [1.165, 1.54) is 4.90 Å². The first-order chi connectivity index (χ1) is 15.2. The molecule has 0 radical (unpaired) electrons. The molecule has 1 heterocycles. The second kappa shape index (κ2) is 10.0. The van der Waals surface area contributed by atoms with E-state index in [2.05, 4.69) is 6.58 Å². The molecule has 0 aliphatic carbocycles. The highest BCUT2D eigenvalue weighted by Crippen LogP contribution is 2.40. The number of ether oxygens (including phenoxy) is 1. The number of benzene rings is 2. The first-order valence-electron chi connectivity index (χ1n) is 10.3. The van der Waals surface area contributed by atoms with Gasteiger partial charge in [-0.1, -0.05) is 36.4 Å². The SMILES string of the molecule is C=CCOc1ccc(/C(O)=C2/C(=O)C(=O)N(CCN(C)C)C2c2ccc(Cl)cc2)cc1C. The third-order valence-corrected chi connectivity index (χ3v) is 5.57. The third kappa shape index (κ3) is 4.87. The predicted octanol–water partition coefficient (Wildman–Crippen LogP) is 4.20. The first kappa shape index (κ1) is 23.6. The molecule has 1 fully saturated rings. The number of halogens is 1. The van der Waals surface area contributed by atoms with Gasteiger partial charge in [-0.15, -0.1) is 0 Å². The van der Waals surface area contributed by atoms with Gasteiger partial charge >= 0.3 is 0 Å². The van der Waals surface area contributed by atoms with Crippen molar-refractivity contribution >= 4 is 29.1 Å². The minimum atomic E-state index is -0.704. The molecular weight excluding hydrogens is 428 g/mol. The smallest absolute Gasteiger partial charge is 0.295 e. The van der Waals surface area contributed by atoms with Crippen LogP contribution in [0.15, 0.2) is 60.7 Å². The zero-order valence-electron chi connectivity index (χ0n) is 18.5. The van der Waals surface area contributed by atoms with Crippen LogP contribution in [0.2, 0.25) is 5.02 Å². The highest BCUT2D eigenvalue weighted by Gasteiger charge is 2.45. The molecule has 1 aliphatic heterocycles. The number of ketones is 1. The van der Waals surface area contributed by atoms with E-state index in [-0.39, 0.29) is 11.3 Å². The fourth-order valence-electron chi connectivity index (χ4n) is 3.67. The Hall–Kier alpha value is -3.09. The second-order valence-corrected chi connectivity index (χ2v) is 8.36. The zero-order valence-corrected chi connectivity index (χ0v) is 19.2. The molecule has 6 nitrogen and oxygen atoms in total. The number of aliphatic hydroxyl groups is 1. The Morgan fingerprint density at radius 3 is 2.50 bits per heavy atom. The molecule has 1 N–H and O–H groups in total. The summed E-state index contributed by atoms with van der Waals surface area (Å²) < 4.78 is 5.60. The van der Waals surface area contributed by atoms with E-state index in [1.807, 2.05) is 25.9 Å². The maximum Gasteiger partial charge on any atom is 0.295 e. The van der Waals surface area contributed by atoms with Gasteiger partial charge in [-0.2, -0.15) is 0 Å². The number of aryl methyl sites for hydroxylation is 1. The summed E-state index contributed by atoms with van der Waals surface area (Å²) >= 11 is 6.04. The van der Waals surface area contributed by atoms with Gasteiger partial charge in [-0.05, 0) is 62.5 Å². The molecule has 3 rings (SSSR count). The van der Waals surface area contributed by atoms with Crippen LogP contribution in [0.3, 0.4) is 0 Å². The molecule has 1 atom stereocenters. The lowest BCUT2D eigenvalue weighted by atomic mass is 9.95. The second-order valence-electron chi connectivity index (χ2n) is 7.93. The van der Waals surface area contributed by atoms with E-state index in [0.29, 0.717) is 41.6 Å². The predicted molar refractivity (Wildman–Crippen MR) is 126 cm³/mol. The van der Waals surface area contributed by atoms with Crippen molar-refractivity contribution in [3.8, 4) is 5.75 Å². The van der Waals surface area contributed by atoms with Gasteiger partial charge in [-0.3, -0.25) is 9.59 Å². The van der Waals surface area contributed by atoms with E-state index in [9.17, 15) is 14.7 Å². The van der Waals surface area contributed by atoms with Gasteiger partial charge in [-0.25, -0.2) is 0 Å². The van der Waals surface area contributed by atoms with Gasteiger partial charge in [0.05, 0.1) is 11.6 Å². The number of Topliss-reactive ketones (excluding diaryl/α,β-unsaturated/α-hetero) is 1. The number of hydrogen-bond acceptors (Lipinski definition) is 5. The first-order valence-corrected chi connectivity index (χ1v) is 10.7. The summed E-state index contributed by atoms with van der Waals surface area (Å²) in [6, 6.07) is 11.4. The number of carbonyl (C=O) groups is 2. The molecule has 0 saturated carbocycles. The Balaban J connectivity index is 2.09. The van der Waals surface area contributed by atoms with Gasteiger partial charge in [0.1, 0.15) is 18.1 Å². The van der Waals surface area contributed by atoms with Crippen molar-refractivity contribution in [3.63, 3.8) is 0 Å². The summed E-state index contributed by atoms with van der Waals surface area (Å²) in [6.45, 7) is 6.76. The summed E-state index contributed by atoms with van der Waals surface area (Å²) in [7, 11) is 3.79. The van der Waals surface area contributed by atoms with Crippen molar-refractivity contribution in [2.45, 2.75) is 13.0 Å². The van der Waals surface area contributed by atoms with E-state index in [1.54, 1.807) is 48.5 Å². The average molecular weight is 455 g/mol. The molecule has 1 amide bonds. The van der Waals surface area contributed by atoms with E-state index >= 15 is 0 Å². The van der Waals surface area contributed by atoms with Gasteiger partial charge in [0.2, 0.25) is 0 Å². The molecule has 168 valence electrons. The fraction of sp³-hybridized carbons (Fsp3) is 0.280. The molecule has 32 heavy (non-hydrogen) atoms. The quantitative estimate of drug-likeness (QED) is 0.280. The minimum Gasteiger partial charge on any atom is -0.507 e. The molecule has 0 aromatic heterocycles. The third-order valence-electron chi connectivity index (χ3n) is 5.32. The van der Waals surface area contributed by atoms with E-state index in [0.717, 1.165) is 5.56 Å². The van der Waals surface area contributed by atoms with Crippen molar-refractivity contribution in [2.75, 3.05) is 33.8 Å². The number of likely N-dealkylation sites (N-methyl/N-ethyl adjacent to an activating group) is 1. The Morgan fingerprint density at radius 2 is 1.91 bits per heavy atom. The van der Waals surface area contributed by atoms with Crippen LogP contribution in [0, 0.1) is 6.92 Å². The van der Waals surface area contributed by atoms with Crippen molar-refractivity contribution in [2.24, 2.45) is 0 Å². The van der Waals surface area contributed by atoms with E-state index < -0.39 is 17.7 Å². The standard InChI is InChI=1S/C25H27ClN2O4/c1-5-14-32-20-11-8-18(15-16(20)2)23(29)21-22(17-6-9-19(26)10-7-17)28(13-12-27(3)4)25(31)24(21)30/h5-11,15,22,29H,1,12-14H2,2-4H3/b23-21-. The van der Waals surface area contributed by atoms with Gasteiger partial charge in [0, 0.05) is 23.7 Å². The van der Waals surface area contributed by atoms with Crippen LogP contribution in [0.5, 0.6) is 5.75 Å².